The molecule has 2 unspecified atom stereocenters. The van der Waals surface area contributed by atoms with E-state index in [-0.39, 0.29) is 6.04 Å². The predicted octanol–water partition coefficient (Wildman–Crippen LogP) is 2.39. The average Bonchev–Trinajstić information content (AvgIpc) is 3.47. The molecule has 2 atom stereocenters. The van der Waals surface area contributed by atoms with E-state index in [1.54, 1.807) is 14.2 Å². The van der Waals surface area contributed by atoms with Crippen molar-refractivity contribution in [2.45, 2.75) is 25.3 Å². The second-order valence-corrected chi connectivity index (χ2v) is 8.10. The van der Waals surface area contributed by atoms with E-state index in [9.17, 15) is 0 Å². The molecule has 1 aromatic carbocycles. The van der Waals surface area contributed by atoms with Gasteiger partial charge in [0.15, 0.2) is 5.96 Å². The highest BCUT2D eigenvalue weighted by atomic mass is 16.5. The zero-order valence-electron chi connectivity index (χ0n) is 18.8. The van der Waals surface area contributed by atoms with E-state index in [0.29, 0.717) is 19.1 Å². The Bertz CT molecular complexity index is 664. The van der Waals surface area contributed by atoms with Gasteiger partial charge >= 0.3 is 0 Å². The Balaban J connectivity index is 1.59. The lowest BCUT2D eigenvalue weighted by Gasteiger charge is -2.31. The van der Waals surface area contributed by atoms with Crippen LogP contribution >= 0.6 is 0 Å². The molecule has 0 bridgehead atoms. The topological polar surface area (TPSA) is 58.6 Å². The lowest BCUT2D eigenvalue weighted by atomic mass is 10.0. The molecule has 1 N–H and O–H groups in total. The summed E-state index contributed by atoms with van der Waals surface area (Å²) in [5, 5.41) is 3.65. The number of nitrogens with zero attached hydrogens (tertiary/aromatic N) is 3. The van der Waals surface area contributed by atoms with Gasteiger partial charge in [0.05, 0.1) is 33.0 Å². The van der Waals surface area contributed by atoms with Gasteiger partial charge in [0.1, 0.15) is 5.75 Å². The minimum atomic E-state index is 0.274. The Hall–Kier alpha value is -1.83. The summed E-state index contributed by atoms with van der Waals surface area (Å²) >= 11 is 0. The first kappa shape index (κ1) is 22.8. The van der Waals surface area contributed by atoms with Gasteiger partial charge in [-0.15, -0.1) is 0 Å². The van der Waals surface area contributed by atoms with Crippen LogP contribution in [0.2, 0.25) is 0 Å². The van der Waals surface area contributed by atoms with Gasteiger partial charge in [0.25, 0.3) is 0 Å². The third-order valence-electron chi connectivity index (χ3n) is 6.12. The van der Waals surface area contributed by atoms with Gasteiger partial charge in [-0.1, -0.05) is 18.2 Å². The number of hydrogen-bond acceptors (Lipinski definition) is 5. The SMILES string of the molecule is CN=C(NCC(c1ccccc1OC)N1CCCC1)N1CCC(COCCOC)C1. The van der Waals surface area contributed by atoms with Gasteiger partial charge < -0.3 is 24.4 Å². The molecule has 0 saturated carbocycles. The third-order valence-corrected chi connectivity index (χ3v) is 6.12. The van der Waals surface area contributed by atoms with Crippen molar-refractivity contribution in [1.29, 1.82) is 0 Å². The number of hydrogen-bond donors (Lipinski definition) is 1. The maximum Gasteiger partial charge on any atom is 0.193 e. The Labute approximate surface area is 181 Å². The molecule has 0 aromatic heterocycles. The lowest BCUT2D eigenvalue weighted by molar-refractivity contribution is 0.0536. The first-order chi connectivity index (χ1) is 14.8. The largest absolute Gasteiger partial charge is 0.496 e. The molecule has 30 heavy (non-hydrogen) atoms. The maximum absolute atomic E-state index is 5.74. The maximum atomic E-state index is 5.74. The fourth-order valence-electron chi connectivity index (χ4n) is 4.50. The van der Waals surface area contributed by atoms with Crippen molar-refractivity contribution in [2.75, 3.05) is 73.8 Å². The van der Waals surface area contributed by atoms with E-state index in [0.717, 1.165) is 57.5 Å². The summed E-state index contributed by atoms with van der Waals surface area (Å²) in [7, 11) is 5.33. The van der Waals surface area contributed by atoms with Crippen molar-refractivity contribution in [2.24, 2.45) is 10.9 Å². The Morgan fingerprint density at radius 3 is 2.70 bits per heavy atom. The number of guanidine groups is 1. The van der Waals surface area contributed by atoms with Gasteiger partial charge in [-0.3, -0.25) is 9.89 Å². The van der Waals surface area contributed by atoms with E-state index in [4.69, 9.17) is 14.2 Å². The number of para-hydroxylation sites is 1. The molecule has 2 saturated heterocycles. The van der Waals surface area contributed by atoms with Crippen LogP contribution in [0.25, 0.3) is 0 Å². The quantitative estimate of drug-likeness (QED) is 0.358. The molecule has 1 aromatic rings. The molecule has 0 amide bonds. The number of methoxy groups -OCH3 is 2. The fourth-order valence-corrected chi connectivity index (χ4v) is 4.50. The van der Waals surface area contributed by atoms with Crippen LogP contribution in [0.3, 0.4) is 0 Å². The summed E-state index contributed by atoms with van der Waals surface area (Å²) in [4.78, 5) is 9.49. The number of nitrogens with one attached hydrogen (secondary N) is 1. The summed E-state index contributed by atoms with van der Waals surface area (Å²) in [6, 6.07) is 8.66. The van der Waals surface area contributed by atoms with Crippen LogP contribution in [0.5, 0.6) is 5.75 Å². The second kappa shape index (κ2) is 12.1. The number of ether oxygens (including phenoxy) is 3. The zero-order valence-corrected chi connectivity index (χ0v) is 18.8. The van der Waals surface area contributed by atoms with Crippen molar-refractivity contribution in [3.8, 4) is 5.75 Å². The normalized spacial score (nSPS) is 21.2. The second-order valence-electron chi connectivity index (χ2n) is 8.10. The molecule has 168 valence electrons. The molecular weight excluding hydrogens is 380 g/mol. The Kier molecular flexibility index (Phi) is 9.24. The summed E-state index contributed by atoms with van der Waals surface area (Å²) in [5.74, 6) is 2.48. The molecule has 2 aliphatic rings. The first-order valence-electron chi connectivity index (χ1n) is 11.2. The summed E-state index contributed by atoms with van der Waals surface area (Å²) in [5.41, 5.74) is 1.25. The standard InChI is InChI=1S/C23H38N4O3/c1-24-23(27-13-10-19(17-27)18-30-15-14-28-2)25-16-21(26-11-6-7-12-26)20-8-4-5-9-22(20)29-3/h4-5,8-9,19,21H,6-7,10-18H2,1-3H3,(H,24,25). The Morgan fingerprint density at radius 1 is 1.17 bits per heavy atom. The molecule has 7 heteroatoms. The molecule has 0 spiro atoms. The highest BCUT2D eigenvalue weighted by Crippen LogP contribution is 2.31. The molecule has 0 aliphatic carbocycles. The molecule has 2 fully saturated rings. The van der Waals surface area contributed by atoms with Crippen LogP contribution in [0, 0.1) is 5.92 Å². The minimum Gasteiger partial charge on any atom is -0.496 e. The number of rotatable bonds is 10. The van der Waals surface area contributed by atoms with Crippen LogP contribution in [0.15, 0.2) is 29.3 Å². The third kappa shape index (κ3) is 6.09. The van der Waals surface area contributed by atoms with Crippen LogP contribution in [-0.2, 0) is 9.47 Å². The first-order valence-corrected chi connectivity index (χ1v) is 11.2. The zero-order chi connectivity index (χ0) is 21.2. The van der Waals surface area contributed by atoms with Crippen LogP contribution < -0.4 is 10.1 Å². The molecule has 2 aliphatic heterocycles. The van der Waals surface area contributed by atoms with Gasteiger partial charge in [0, 0.05) is 45.3 Å². The van der Waals surface area contributed by atoms with Gasteiger partial charge in [-0.05, 0) is 38.4 Å². The molecule has 3 rings (SSSR count). The highest BCUT2D eigenvalue weighted by Gasteiger charge is 2.28. The summed E-state index contributed by atoms with van der Waals surface area (Å²) < 4.78 is 16.5. The van der Waals surface area contributed by atoms with E-state index in [1.807, 2.05) is 13.1 Å². The van der Waals surface area contributed by atoms with E-state index < -0.39 is 0 Å². The van der Waals surface area contributed by atoms with Crippen LogP contribution in [0.4, 0.5) is 0 Å². The van der Waals surface area contributed by atoms with Gasteiger partial charge in [-0.2, -0.15) is 0 Å². The summed E-state index contributed by atoms with van der Waals surface area (Å²) in [6.07, 6.45) is 3.66. The molecule has 0 radical (unpaired) electrons. The van der Waals surface area contributed by atoms with Gasteiger partial charge in [0.2, 0.25) is 0 Å². The summed E-state index contributed by atoms with van der Waals surface area (Å²) in [6.45, 7) is 7.18. The van der Waals surface area contributed by atoms with Gasteiger partial charge in [-0.25, -0.2) is 0 Å². The lowest BCUT2D eigenvalue weighted by Crippen LogP contribution is -2.44. The number of aliphatic imine (C=N–C) groups is 1. The average molecular weight is 419 g/mol. The minimum absolute atomic E-state index is 0.274. The molecule has 7 nitrogen and oxygen atoms in total. The predicted molar refractivity (Wildman–Crippen MR) is 120 cm³/mol. The van der Waals surface area contributed by atoms with E-state index in [2.05, 4.69) is 38.3 Å². The van der Waals surface area contributed by atoms with Crippen molar-refractivity contribution in [3.05, 3.63) is 29.8 Å². The fraction of sp³-hybridized carbons (Fsp3) is 0.696. The van der Waals surface area contributed by atoms with Crippen molar-refractivity contribution in [1.82, 2.24) is 15.1 Å². The molecule has 2 heterocycles. The number of likely N-dealkylation sites (tertiary alicyclic amines) is 2. The van der Waals surface area contributed by atoms with Crippen molar-refractivity contribution in [3.63, 3.8) is 0 Å². The number of benzene rings is 1. The van der Waals surface area contributed by atoms with E-state index in [1.165, 1.54) is 18.4 Å². The van der Waals surface area contributed by atoms with Crippen LogP contribution in [0.1, 0.15) is 30.9 Å². The van der Waals surface area contributed by atoms with Crippen molar-refractivity contribution >= 4 is 5.96 Å². The molecular formula is C23H38N4O3. The van der Waals surface area contributed by atoms with Crippen LogP contribution in [-0.4, -0.2) is 89.6 Å². The highest BCUT2D eigenvalue weighted by molar-refractivity contribution is 5.80. The monoisotopic (exact) mass is 418 g/mol. The Morgan fingerprint density at radius 2 is 1.97 bits per heavy atom. The van der Waals surface area contributed by atoms with Crippen molar-refractivity contribution < 1.29 is 14.2 Å². The smallest absolute Gasteiger partial charge is 0.193 e. The van der Waals surface area contributed by atoms with E-state index >= 15 is 0 Å².